The summed E-state index contributed by atoms with van der Waals surface area (Å²) >= 11 is 0. The lowest BCUT2D eigenvalue weighted by Crippen LogP contribution is -2.67. The quantitative estimate of drug-likeness (QED) is 0.741. The average molecular weight is 239 g/mol. The van der Waals surface area contributed by atoms with Crippen LogP contribution in [0, 0.1) is 11.3 Å². The molecule has 3 atom stereocenters. The standard InChI is InChI=1S/C14H25NO2/c1-2-17-13-8-12(14(13)6-3-7-14)15-9-11(16)10-4-5-10/h10-13,15-16H,2-9H2,1H3. The van der Waals surface area contributed by atoms with Crippen molar-refractivity contribution in [1.29, 1.82) is 0 Å². The summed E-state index contributed by atoms with van der Waals surface area (Å²) in [5.41, 5.74) is 0.430. The van der Waals surface area contributed by atoms with E-state index in [0.29, 0.717) is 23.5 Å². The Kier molecular flexibility index (Phi) is 3.18. The Bertz CT molecular complexity index is 273. The number of aliphatic hydroxyl groups excluding tert-OH is 1. The van der Waals surface area contributed by atoms with Crippen LogP contribution in [0.4, 0.5) is 0 Å². The molecule has 3 rings (SSSR count). The lowest BCUT2D eigenvalue weighted by molar-refractivity contribution is -0.173. The van der Waals surface area contributed by atoms with Gasteiger partial charge in [-0.05, 0) is 44.9 Å². The van der Waals surface area contributed by atoms with Crippen molar-refractivity contribution in [2.75, 3.05) is 13.2 Å². The van der Waals surface area contributed by atoms with Gasteiger partial charge < -0.3 is 15.2 Å². The van der Waals surface area contributed by atoms with E-state index < -0.39 is 0 Å². The zero-order valence-corrected chi connectivity index (χ0v) is 10.8. The van der Waals surface area contributed by atoms with Crippen LogP contribution >= 0.6 is 0 Å². The van der Waals surface area contributed by atoms with Crippen molar-refractivity contribution < 1.29 is 9.84 Å². The highest BCUT2D eigenvalue weighted by molar-refractivity contribution is 5.12. The molecule has 3 aliphatic rings. The number of ether oxygens (including phenoxy) is 1. The van der Waals surface area contributed by atoms with Gasteiger partial charge in [-0.15, -0.1) is 0 Å². The molecule has 0 amide bonds. The molecule has 3 fully saturated rings. The van der Waals surface area contributed by atoms with Gasteiger partial charge in [0, 0.05) is 24.6 Å². The number of aliphatic hydroxyl groups is 1. The van der Waals surface area contributed by atoms with Crippen molar-refractivity contribution in [3.8, 4) is 0 Å². The molecule has 98 valence electrons. The van der Waals surface area contributed by atoms with Crippen LogP contribution in [0.5, 0.6) is 0 Å². The second-order valence-electron chi connectivity index (χ2n) is 6.13. The molecule has 3 saturated carbocycles. The molecule has 0 aromatic rings. The Hall–Kier alpha value is -0.120. The number of rotatable bonds is 6. The van der Waals surface area contributed by atoms with E-state index in [1.807, 2.05) is 0 Å². The third-order valence-electron chi connectivity index (χ3n) is 5.18. The topological polar surface area (TPSA) is 41.5 Å². The molecule has 17 heavy (non-hydrogen) atoms. The highest BCUT2D eigenvalue weighted by Crippen LogP contribution is 2.57. The third-order valence-corrected chi connectivity index (χ3v) is 5.18. The largest absolute Gasteiger partial charge is 0.392 e. The van der Waals surface area contributed by atoms with Gasteiger partial charge in [0.1, 0.15) is 0 Å². The Labute approximate surface area is 104 Å². The number of hydrogen-bond acceptors (Lipinski definition) is 3. The van der Waals surface area contributed by atoms with Gasteiger partial charge in [0.25, 0.3) is 0 Å². The zero-order valence-electron chi connectivity index (χ0n) is 10.8. The molecule has 3 nitrogen and oxygen atoms in total. The molecule has 0 bridgehead atoms. The second kappa shape index (κ2) is 4.52. The molecule has 0 aromatic carbocycles. The molecule has 0 aromatic heterocycles. The van der Waals surface area contributed by atoms with Gasteiger partial charge in [-0.2, -0.15) is 0 Å². The van der Waals surface area contributed by atoms with Crippen LogP contribution in [0.15, 0.2) is 0 Å². The first-order valence-corrected chi connectivity index (χ1v) is 7.29. The first-order valence-electron chi connectivity index (χ1n) is 7.29. The van der Waals surface area contributed by atoms with Crippen molar-refractivity contribution in [1.82, 2.24) is 5.32 Å². The highest BCUT2D eigenvalue weighted by Gasteiger charge is 2.58. The summed E-state index contributed by atoms with van der Waals surface area (Å²) in [4.78, 5) is 0. The summed E-state index contributed by atoms with van der Waals surface area (Å²) in [6.07, 6.45) is 7.94. The van der Waals surface area contributed by atoms with Crippen LogP contribution in [0.1, 0.15) is 45.4 Å². The van der Waals surface area contributed by atoms with Crippen LogP contribution in [0.2, 0.25) is 0 Å². The fourth-order valence-corrected chi connectivity index (χ4v) is 3.64. The van der Waals surface area contributed by atoms with E-state index in [-0.39, 0.29) is 6.10 Å². The predicted octanol–water partition coefficient (Wildman–Crippen LogP) is 1.69. The van der Waals surface area contributed by atoms with Crippen molar-refractivity contribution >= 4 is 0 Å². The van der Waals surface area contributed by atoms with Crippen molar-refractivity contribution in [2.24, 2.45) is 11.3 Å². The summed E-state index contributed by atoms with van der Waals surface area (Å²) in [6.45, 7) is 3.71. The van der Waals surface area contributed by atoms with Gasteiger partial charge >= 0.3 is 0 Å². The van der Waals surface area contributed by atoms with E-state index in [2.05, 4.69) is 12.2 Å². The van der Waals surface area contributed by atoms with Gasteiger partial charge in [0.15, 0.2) is 0 Å². The molecule has 2 N–H and O–H groups in total. The van der Waals surface area contributed by atoms with Gasteiger partial charge in [0.05, 0.1) is 12.2 Å². The van der Waals surface area contributed by atoms with Crippen LogP contribution in [0.25, 0.3) is 0 Å². The smallest absolute Gasteiger partial charge is 0.0692 e. The lowest BCUT2D eigenvalue weighted by Gasteiger charge is -2.61. The average Bonchev–Trinajstić information content (AvgIpc) is 3.02. The SMILES string of the molecule is CCOC1CC(NCC(O)C2CC2)C12CCC2. The van der Waals surface area contributed by atoms with Crippen LogP contribution in [-0.4, -0.2) is 36.5 Å². The van der Waals surface area contributed by atoms with E-state index >= 15 is 0 Å². The van der Waals surface area contributed by atoms with Crippen LogP contribution in [0.3, 0.4) is 0 Å². The molecule has 0 aliphatic heterocycles. The minimum absolute atomic E-state index is 0.113. The number of hydrogen-bond donors (Lipinski definition) is 2. The lowest BCUT2D eigenvalue weighted by atomic mass is 9.51. The monoisotopic (exact) mass is 239 g/mol. The zero-order chi connectivity index (χ0) is 11.9. The summed E-state index contributed by atoms with van der Waals surface area (Å²) in [7, 11) is 0. The maximum Gasteiger partial charge on any atom is 0.0692 e. The third kappa shape index (κ3) is 2.02. The summed E-state index contributed by atoms with van der Waals surface area (Å²) in [6, 6.07) is 0.598. The van der Waals surface area contributed by atoms with E-state index in [9.17, 15) is 5.11 Å². The first-order chi connectivity index (χ1) is 8.26. The summed E-state index contributed by atoms with van der Waals surface area (Å²) in [5, 5.41) is 13.5. The molecular weight excluding hydrogens is 214 g/mol. The molecule has 3 heteroatoms. The molecule has 3 unspecified atom stereocenters. The Morgan fingerprint density at radius 2 is 2.18 bits per heavy atom. The maximum atomic E-state index is 9.89. The highest BCUT2D eigenvalue weighted by atomic mass is 16.5. The Morgan fingerprint density at radius 1 is 1.41 bits per heavy atom. The van der Waals surface area contributed by atoms with E-state index in [0.717, 1.165) is 19.6 Å². The second-order valence-corrected chi connectivity index (χ2v) is 6.13. The van der Waals surface area contributed by atoms with Gasteiger partial charge in [-0.3, -0.25) is 0 Å². The molecule has 0 saturated heterocycles. The minimum atomic E-state index is -0.113. The molecule has 0 heterocycles. The van der Waals surface area contributed by atoms with Gasteiger partial charge in [-0.1, -0.05) is 6.42 Å². The van der Waals surface area contributed by atoms with Gasteiger partial charge in [-0.25, -0.2) is 0 Å². The molecule has 0 radical (unpaired) electrons. The number of nitrogens with one attached hydrogen (secondary N) is 1. The fraction of sp³-hybridized carbons (Fsp3) is 1.00. The Morgan fingerprint density at radius 3 is 2.71 bits per heavy atom. The normalized spacial score (nSPS) is 36.4. The van der Waals surface area contributed by atoms with Gasteiger partial charge in [0.2, 0.25) is 0 Å². The predicted molar refractivity (Wildman–Crippen MR) is 66.8 cm³/mol. The van der Waals surface area contributed by atoms with Crippen molar-refractivity contribution in [3.05, 3.63) is 0 Å². The van der Waals surface area contributed by atoms with E-state index in [4.69, 9.17) is 4.74 Å². The van der Waals surface area contributed by atoms with E-state index in [1.54, 1.807) is 0 Å². The van der Waals surface area contributed by atoms with Crippen LogP contribution < -0.4 is 5.32 Å². The van der Waals surface area contributed by atoms with Crippen molar-refractivity contribution in [2.45, 2.75) is 63.7 Å². The molecule has 3 aliphatic carbocycles. The summed E-state index contributed by atoms with van der Waals surface area (Å²) < 4.78 is 5.83. The van der Waals surface area contributed by atoms with Crippen molar-refractivity contribution in [3.63, 3.8) is 0 Å². The molecule has 1 spiro atoms. The maximum absolute atomic E-state index is 9.89. The van der Waals surface area contributed by atoms with E-state index in [1.165, 1.54) is 32.1 Å². The summed E-state index contributed by atoms with van der Waals surface area (Å²) in [5.74, 6) is 0.586. The Balaban J connectivity index is 1.47. The molecular formula is C14H25NO2. The fourth-order valence-electron chi connectivity index (χ4n) is 3.64. The van der Waals surface area contributed by atoms with Crippen LogP contribution in [-0.2, 0) is 4.74 Å². The first kappa shape index (κ1) is 11.9. The minimum Gasteiger partial charge on any atom is -0.392 e.